The molecule has 0 spiro atoms. The average Bonchev–Trinajstić information content (AvgIpc) is 2.87. The normalized spacial score (nSPS) is 22.5. The van der Waals surface area contributed by atoms with Crippen LogP contribution in [0.25, 0.3) is 0 Å². The molecular weight excluding hydrogens is 314 g/mol. The first-order valence-electron chi connectivity index (χ1n) is 9.55. The first kappa shape index (κ1) is 18.2. The van der Waals surface area contributed by atoms with E-state index >= 15 is 0 Å². The summed E-state index contributed by atoms with van der Waals surface area (Å²) in [5.41, 5.74) is 1.76. The average molecular weight is 345 g/mol. The molecule has 0 bridgehead atoms. The molecule has 0 aromatic heterocycles. The summed E-state index contributed by atoms with van der Waals surface area (Å²) in [5.74, 6) is 0.124. The zero-order valence-corrected chi connectivity index (χ0v) is 15.6. The molecule has 1 atom stereocenters. The van der Waals surface area contributed by atoms with Crippen molar-refractivity contribution >= 4 is 11.6 Å². The highest BCUT2D eigenvalue weighted by molar-refractivity contribution is 5.99. The number of benzene rings is 1. The van der Waals surface area contributed by atoms with Gasteiger partial charge in [-0.1, -0.05) is 18.6 Å². The summed E-state index contributed by atoms with van der Waals surface area (Å²) in [6, 6.07) is 7.87. The van der Waals surface area contributed by atoms with Crippen molar-refractivity contribution in [3.05, 3.63) is 29.8 Å². The lowest BCUT2D eigenvalue weighted by Gasteiger charge is -2.32. The summed E-state index contributed by atoms with van der Waals surface area (Å²) < 4.78 is 6.05. The van der Waals surface area contributed by atoms with E-state index in [0.717, 1.165) is 50.5 Å². The molecule has 3 rings (SSSR count). The topological polar surface area (TPSA) is 36.0 Å². The Balaban J connectivity index is 1.69. The molecule has 0 saturated carbocycles. The van der Waals surface area contributed by atoms with Gasteiger partial charge in [0.15, 0.2) is 0 Å². The highest BCUT2D eigenvalue weighted by atomic mass is 16.5. The van der Waals surface area contributed by atoms with E-state index in [1.807, 2.05) is 48.2 Å². The molecule has 0 aliphatic carbocycles. The van der Waals surface area contributed by atoms with E-state index in [1.54, 1.807) is 0 Å². The molecule has 138 valence electrons. The lowest BCUT2D eigenvalue weighted by Crippen LogP contribution is -2.44. The van der Waals surface area contributed by atoms with Crippen LogP contribution >= 0.6 is 0 Å². The van der Waals surface area contributed by atoms with Crippen molar-refractivity contribution in [2.75, 3.05) is 58.3 Å². The van der Waals surface area contributed by atoms with E-state index in [2.05, 4.69) is 4.90 Å². The molecule has 1 amide bonds. The number of likely N-dealkylation sites (tertiary alicyclic amines) is 1. The summed E-state index contributed by atoms with van der Waals surface area (Å²) in [6.45, 7) is 5.49. The molecule has 1 aromatic carbocycles. The maximum Gasteiger partial charge on any atom is 0.256 e. The van der Waals surface area contributed by atoms with Crippen LogP contribution in [0.5, 0.6) is 0 Å². The molecule has 2 fully saturated rings. The minimum atomic E-state index is 0.121. The van der Waals surface area contributed by atoms with Gasteiger partial charge in [-0.3, -0.25) is 4.79 Å². The first-order chi connectivity index (χ1) is 12.1. The van der Waals surface area contributed by atoms with Crippen LogP contribution < -0.4 is 4.90 Å². The summed E-state index contributed by atoms with van der Waals surface area (Å²) in [6.07, 6.45) is 4.94. The molecule has 5 heteroatoms. The van der Waals surface area contributed by atoms with Gasteiger partial charge in [0.2, 0.25) is 0 Å². The highest BCUT2D eigenvalue weighted by Gasteiger charge is 2.26. The summed E-state index contributed by atoms with van der Waals surface area (Å²) >= 11 is 0. The molecule has 2 saturated heterocycles. The number of rotatable bonds is 4. The van der Waals surface area contributed by atoms with Gasteiger partial charge in [0.25, 0.3) is 5.91 Å². The molecule has 0 N–H and O–H groups in total. The van der Waals surface area contributed by atoms with Gasteiger partial charge >= 0.3 is 0 Å². The largest absolute Gasteiger partial charge is 0.377 e. The lowest BCUT2D eigenvalue weighted by atomic mass is 10.1. The first-order valence-corrected chi connectivity index (χ1v) is 9.55. The van der Waals surface area contributed by atoms with E-state index in [4.69, 9.17) is 4.74 Å². The van der Waals surface area contributed by atoms with Crippen molar-refractivity contribution < 1.29 is 9.53 Å². The number of hydrogen-bond acceptors (Lipinski definition) is 4. The van der Waals surface area contributed by atoms with Gasteiger partial charge in [-0.2, -0.15) is 0 Å². The SMILES string of the molecule is CN(C)c1ccccc1C(=O)N1CCCO[C@H](CN2CCCCC2)C1. The number of nitrogens with zero attached hydrogens (tertiary/aromatic N) is 3. The number of amides is 1. The Bertz CT molecular complexity index is 570. The van der Waals surface area contributed by atoms with Gasteiger partial charge in [-0.25, -0.2) is 0 Å². The quantitative estimate of drug-likeness (QED) is 0.840. The van der Waals surface area contributed by atoms with Crippen LogP contribution in [-0.4, -0.2) is 75.2 Å². The standard InChI is InChI=1S/C20H31N3O2/c1-21(2)19-10-5-4-9-18(19)20(24)23-13-8-14-25-17(16-23)15-22-11-6-3-7-12-22/h4-5,9-10,17H,3,6-8,11-16H2,1-2H3/t17-/m1/s1. The van der Waals surface area contributed by atoms with Crippen LogP contribution in [-0.2, 0) is 4.74 Å². The van der Waals surface area contributed by atoms with Crippen LogP contribution in [0.2, 0.25) is 0 Å². The Morgan fingerprint density at radius 2 is 1.88 bits per heavy atom. The Morgan fingerprint density at radius 3 is 2.64 bits per heavy atom. The van der Waals surface area contributed by atoms with Gasteiger partial charge in [0.1, 0.15) is 0 Å². The van der Waals surface area contributed by atoms with Crippen molar-refractivity contribution in [2.24, 2.45) is 0 Å². The van der Waals surface area contributed by atoms with Crippen LogP contribution in [0.15, 0.2) is 24.3 Å². The third-order valence-corrected chi connectivity index (χ3v) is 5.16. The van der Waals surface area contributed by atoms with Crippen LogP contribution in [0.4, 0.5) is 5.69 Å². The second-order valence-electron chi connectivity index (χ2n) is 7.37. The maximum absolute atomic E-state index is 13.1. The summed E-state index contributed by atoms with van der Waals surface area (Å²) in [4.78, 5) is 19.6. The smallest absolute Gasteiger partial charge is 0.256 e. The summed E-state index contributed by atoms with van der Waals surface area (Å²) in [5, 5.41) is 0. The van der Waals surface area contributed by atoms with Gasteiger partial charge in [0.05, 0.1) is 11.7 Å². The number of carbonyl (C=O) groups is 1. The Morgan fingerprint density at radius 1 is 1.12 bits per heavy atom. The monoisotopic (exact) mass is 345 g/mol. The Hall–Kier alpha value is -1.59. The van der Waals surface area contributed by atoms with Gasteiger partial charge < -0.3 is 19.4 Å². The Kier molecular flexibility index (Phi) is 6.32. The minimum absolute atomic E-state index is 0.121. The van der Waals surface area contributed by atoms with Crippen molar-refractivity contribution in [2.45, 2.75) is 31.8 Å². The van der Waals surface area contributed by atoms with E-state index in [-0.39, 0.29) is 12.0 Å². The highest BCUT2D eigenvalue weighted by Crippen LogP contribution is 2.21. The zero-order chi connectivity index (χ0) is 17.6. The fourth-order valence-electron chi connectivity index (χ4n) is 3.83. The summed E-state index contributed by atoms with van der Waals surface area (Å²) in [7, 11) is 3.97. The van der Waals surface area contributed by atoms with Gasteiger partial charge in [-0.05, 0) is 44.5 Å². The number of ether oxygens (including phenoxy) is 1. The second kappa shape index (κ2) is 8.68. The number of para-hydroxylation sites is 1. The van der Waals surface area contributed by atoms with Gasteiger partial charge in [-0.15, -0.1) is 0 Å². The molecule has 2 aliphatic rings. The number of hydrogen-bond donors (Lipinski definition) is 0. The Labute approximate surface area is 151 Å². The van der Waals surface area contributed by atoms with E-state index in [9.17, 15) is 4.79 Å². The second-order valence-corrected chi connectivity index (χ2v) is 7.37. The lowest BCUT2D eigenvalue weighted by molar-refractivity contribution is 0.0216. The van der Waals surface area contributed by atoms with E-state index in [1.165, 1.54) is 19.3 Å². The van der Waals surface area contributed by atoms with Crippen molar-refractivity contribution in [3.63, 3.8) is 0 Å². The number of piperidine rings is 1. The molecular formula is C20H31N3O2. The number of anilines is 1. The molecule has 1 aromatic rings. The van der Waals surface area contributed by atoms with Gasteiger partial charge in [0, 0.05) is 46.0 Å². The van der Waals surface area contributed by atoms with Crippen molar-refractivity contribution in [1.29, 1.82) is 0 Å². The third-order valence-electron chi connectivity index (χ3n) is 5.16. The van der Waals surface area contributed by atoms with Crippen molar-refractivity contribution in [1.82, 2.24) is 9.80 Å². The molecule has 2 aliphatic heterocycles. The minimum Gasteiger partial charge on any atom is -0.377 e. The molecule has 5 nitrogen and oxygen atoms in total. The number of carbonyl (C=O) groups excluding carboxylic acids is 1. The van der Waals surface area contributed by atoms with E-state index in [0.29, 0.717) is 6.54 Å². The fourth-order valence-corrected chi connectivity index (χ4v) is 3.83. The fraction of sp³-hybridized carbons (Fsp3) is 0.650. The van der Waals surface area contributed by atoms with Crippen molar-refractivity contribution in [3.8, 4) is 0 Å². The van der Waals surface area contributed by atoms with Crippen LogP contribution in [0, 0.1) is 0 Å². The molecule has 0 unspecified atom stereocenters. The van der Waals surface area contributed by atoms with Crippen LogP contribution in [0.3, 0.4) is 0 Å². The van der Waals surface area contributed by atoms with E-state index < -0.39 is 0 Å². The van der Waals surface area contributed by atoms with Crippen LogP contribution in [0.1, 0.15) is 36.0 Å². The third kappa shape index (κ3) is 4.73. The molecule has 0 radical (unpaired) electrons. The molecule has 25 heavy (non-hydrogen) atoms. The predicted molar refractivity (Wildman–Crippen MR) is 101 cm³/mol. The molecule has 2 heterocycles. The predicted octanol–water partition coefficient (Wildman–Crippen LogP) is 2.47. The maximum atomic E-state index is 13.1. The zero-order valence-electron chi connectivity index (χ0n) is 15.6.